The van der Waals surface area contributed by atoms with Gasteiger partial charge in [-0.3, -0.25) is 9.59 Å². The van der Waals surface area contributed by atoms with E-state index in [0.717, 1.165) is 12.8 Å². The van der Waals surface area contributed by atoms with Crippen molar-refractivity contribution in [3.05, 3.63) is 0 Å². The maximum Gasteiger partial charge on any atom is 2.00 e. The molecule has 0 radical (unpaired) electrons. The third-order valence-corrected chi connectivity index (χ3v) is 2.99. The Balaban J connectivity index is -0.000000563. The molecule has 2 atom stereocenters. The minimum absolute atomic E-state index is 0. The first-order chi connectivity index (χ1) is 5.98. The molecule has 14 heavy (non-hydrogen) atoms. The van der Waals surface area contributed by atoms with Crippen LogP contribution in [0.3, 0.4) is 0 Å². The minimum atomic E-state index is -1.07. The first-order valence-corrected chi connectivity index (χ1v) is 4.44. The molecule has 78 valence electrons. The fourth-order valence-corrected chi connectivity index (χ4v) is 1.99. The van der Waals surface area contributed by atoms with Crippen LogP contribution in [-0.4, -0.2) is 71.0 Å². The van der Waals surface area contributed by atoms with Crippen LogP contribution in [-0.2, 0) is 9.59 Å². The Bertz CT molecular complexity index is 250. The number of aliphatic carboxylic acids is 2. The maximum absolute atomic E-state index is 10.9. The van der Waals surface area contributed by atoms with Crippen molar-refractivity contribution in [2.45, 2.75) is 32.6 Å². The fourth-order valence-electron chi connectivity index (χ4n) is 1.99. The fraction of sp³-hybridized carbons (Fsp3) is 0.778. The van der Waals surface area contributed by atoms with Gasteiger partial charge in [-0.05, 0) is 19.8 Å². The SMILES string of the molecule is CC1(C(=O)O)CCCCC1C(=O)O.[Ba+2].[H-].[H-]. The molecule has 1 rings (SSSR count). The Hall–Kier alpha value is 0.511. The van der Waals surface area contributed by atoms with E-state index in [1.54, 1.807) is 0 Å². The van der Waals surface area contributed by atoms with Gasteiger partial charge in [-0.25, -0.2) is 0 Å². The summed E-state index contributed by atoms with van der Waals surface area (Å²) >= 11 is 0. The molecule has 0 aromatic carbocycles. The molecule has 1 aliphatic rings. The number of hydrogen-bond donors (Lipinski definition) is 2. The van der Waals surface area contributed by atoms with Crippen LogP contribution in [0.2, 0.25) is 0 Å². The van der Waals surface area contributed by atoms with Crippen LogP contribution in [0.1, 0.15) is 35.5 Å². The zero-order valence-electron chi connectivity index (χ0n) is 10.3. The summed E-state index contributed by atoms with van der Waals surface area (Å²) in [5.41, 5.74) is -1.07. The maximum atomic E-state index is 10.9. The third-order valence-electron chi connectivity index (χ3n) is 2.99. The first-order valence-electron chi connectivity index (χ1n) is 4.44. The summed E-state index contributed by atoms with van der Waals surface area (Å²) in [5.74, 6) is -2.69. The molecule has 2 N–H and O–H groups in total. The zero-order valence-corrected chi connectivity index (χ0v) is 12.8. The van der Waals surface area contributed by atoms with E-state index in [-0.39, 0.29) is 51.7 Å². The number of hydrogen-bond acceptors (Lipinski definition) is 2. The summed E-state index contributed by atoms with van der Waals surface area (Å²) in [4.78, 5) is 21.7. The predicted octanol–water partition coefficient (Wildman–Crippen LogP) is 1.20. The summed E-state index contributed by atoms with van der Waals surface area (Å²) < 4.78 is 0. The molecule has 0 amide bonds. The number of rotatable bonds is 2. The van der Waals surface area contributed by atoms with E-state index in [4.69, 9.17) is 10.2 Å². The summed E-state index contributed by atoms with van der Waals surface area (Å²) in [6.07, 6.45) is 2.59. The van der Waals surface area contributed by atoms with Crippen LogP contribution in [0.4, 0.5) is 0 Å². The van der Waals surface area contributed by atoms with E-state index in [1.807, 2.05) is 0 Å². The van der Waals surface area contributed by atoms with Crippen LogP contribution >= 0.6 is 0 Å². The molecule has 0 heterocycles. The van der Waals surface area contributed by atoms with Crippen molar-refractivity contribution in [3.63, 3.8) is 0 Å². The number of carbonyl (C=O) groups is 2. The second kappa shape index (κ2) is 5.56. The molecule has 1 aliphatic carbocycles. The molecule has 0 aliphatic heterocycles. The van der Waals surface area contributed by atoms with Crippen molar-refractivity contribution < 1.29 is 22.7 Å². The van der Waals surface area contributed by atoms with Crippen molar-refractivity contribution >= 4 is 60.8 Å². The molecule has 0 spiro atoms. The minimum Gasteiger partial charge on any atom is -1.00 e. The Morgan fingerprint density at radius 1 is 1.36 bits per heavy atom. The smallest absolute Gasteiger partial charge is 1.00 e. The van der Waals surface area contributed by atoms with Gasteiger partial charge in [0.1, 0.15) is 0 Å². The number of carboxylic acids is 2. The van der Waals surface area contributed by atoms with E-state index in [1.165, 1.54) is 6.92 Å². The van der Waals surface area contributed by atoms with Gasteiger partial charge in [-0.15, -0.1) is 0 Å². The molecule has 0 aromatic heterocycles. The molecule has 1 saturated carbocycles. The van der Waals surface area contributed by atoms with Crippen molar-refractivity contribution in [1.29, 1.82) is 0 Å². The number of carboxylic acid groups (broad SMARTS) is 2. The van der Waals surface area contributed by atoms with Gasteiger partial charge in [0, 0.05) is 0 Å². The Kier molecular flexibility index (Phi) is 5.76. The van der Waals surface area contributed by atoms with Gasteiger partial charge in [-0.1, -0.05) is 12.8 Å². The molecule has 4 nitrogen and oxygen atoms in total. The molecule has 0 saturated heterocycles. The van der Waals surface area contributed by atoms with Crippen molar-refractivity contribution in [2.24, 2.45) is 11.3 Å². The summed E-state index contributed by atoms with van der Waals surface area (Å²) in [5, 5.41) is 17.8. The third kappa shape index (κ3) is 2.76. The standard InChI is InChI=1S/C9H14O4.Ba.2H/c1-9(8(12)13)5-3-2-4-6(9)7(10)11;;;/h6H,2-5H2,1H3,(H,10,11)(H,12,13);;;/q;+2;2*-1. The monoisotopic (exact) mass is 326 g/mol. The molecular weight excluding hydrogens is 309 g/mol. The molecular formula is C9H16BaO4. The normalized spacial score (nSPS) is 31.6. The van der Waals surface area contributed by atoms with Crippen LogP contribution in [0.25, 0.3) is 0 Å². The van der Waals surface area contributed by atoms with Gasteiger partial charge in [0.25, 0.3) is 0 Å². The Morgan fingerprint density at radius 3 is 2.29 bits per heavy atom. The van der Waals surface area contributed by atoms with E-state index in [2.05, 4.69) is 0 Å². The average Bonchev–Trinajstić information content (AvgIpc) is 2.04. The second-order valence-electron chi connectivity index (χ2n) is 3.86. The molecule has 5 heteroatoms. The van der Waals surface area contributed by atoms with Gasteiger partial charge in [0.2, 0.25) is 0 Å². The Labute approximate surface area is 126 Å². The van der Waals surface area contributed by atoms with Crippen LogP contribution in [0, 0.1) is 11.3 Å². The quantitative estimate of drug-likeness (QED) is 0.748. The van der Waals surface area contributed by atoms with Gasteiger partial charge in [-0.2, -0.15) is 0 Å². The van der Waals surface area contributed by atoms with Crippen molar-refractivity contribution in [1.82, 2.24) is 0 Å². The van der Waals surface area contributed by atoms with Gasteiger partial charge < -0.3 is 13.1 Å². The van der Waals surface area contributed by atoms with Gasteiger partial charge in [0.15, 0.2) is 0 Å². The molecule has 0 aromatic rings. The van der Waals surface area contributed by atoms with E-state index in [9.17, 15) is 9.59 Å². The largest absolute Gasteiger partial charge is 2.00 e. The predicted molar refractivity (Wildman–Crippen MR) is 53.3 cm³/mol. The zero-order chi connectivity index (χ0) is 10.1. The molecule has 1 fully saturated rings. The van der Waals surface area contributed by atoms with Crippen molar-refractivity contribution in [2.75, 3.05) is 0 Å². The van der Waals surface area contributed by atoms with Gasteiger partial charge in [0.05, 0.1) is 11.3 Å². The summed E-state index contributed by atoms with van der Waals surface area (Å²) in [7, 11) is 0. The van der Waals surface area contributed by atoms with Crippen LogP contribution in [0.5, 0.6) is 0 Å². The summed E-state index contributed by atoms with van der Waals surface area (Å²) in [6, 6.07) is 0. The van der Waals surface area contributed by atoms with E-state index >= 15 is 0 Å². The van der Waals surface area contributed by atoms with Crippen molar-refractivity contribution in [3.8, 4) is 0 Å². The topological polar surface area (TPSA) is 74.6 Å². The molecule has 2 unspecified atom stereocenters. The van der Waals surface area contributed by atoms with Crippen LogP contribution in [0.15, 0.2) is 0 Å². The van der Waals surface area contributed by atoms with Crippen LogP contribution < -0.4 is 0 Å². The van der Waals surface area contributed by atoms with E-state index in [0.29, 0.717) is 12.8 Å². The Morgan fingerprint density at radius 2 is 1.93 bits per heavy atom. The van der Waals surface area contributed by atoms with Gasteiger partial charge >= 0.3 is 60.8 Å². The average molecular weight is 326 g/mol. The summed E-state index contributed by atoms with van der Waals surface area (Å²) in [6.45, 7) is 1.54. The van der Waals surface area contributed by atoms with E-state index < -0.39 is 23.3 Å². The second-order valence-corrected chi connectivity index (χ2v) is 3.86. The molecule has 0 bridgehead atoms. The first kappa shape index (κ1) is 14.5.